The zero-order valence-corrected chi connectivity index (χ0v) is 31.1. The van der Waals surface area contributed by atoms with Gasteiger partial charge in [-0.25, -0.2) is 0 Å². The van der Waals surface area contributed by atoms with E-state index in [9.17, 15) is 9.59 Å². The van der Waals surface area contributed by atoms with Crippen LogP contribution in [0.2, 0.25) is 5.02 Å². The summed E-state index contributed by atoms with van der Waals surface area (Å²) in [6.45, 7) is 3.23. The van der Waals surface area contributed by atoms with E-state index >= 15 is 0 Å². The van der Waals surface area contributed by atoms with E-state index in [1.54, 1.807) is 14.1 Å². The Balaban J connectivity index is 0.000000193. The van der Waals surface area contributed by atoms with Crippen LogP contribution >= 0.6 is 11.6 Å². The summed E-state index contributed by atoms with van der Waals surface area (Å²) < 4.78 is 0. The second-order valence-electron chi connectivity index (χ2n) is 13.0. The number of halogens is 1. The Labute approximate surface area is 319 Å². The first-order chi connectivity index (χ1) is 26.3. The van der Waals surface area contributed by atoms with Crippen molar-refractivity contribution in [1.82, 2.24) is 35.2 Å². The second-order valence-corrected chi connectivity index (χ2v) is 13.4. The molecule has 3 aromatic carbocycles. The molecule has 0 unspecified atom stereocenters. The number of carboxylic acids is 1. The average molecular weight is 750 g/mol. The lowest BCUT2D eigenvalue weighted by Crippen LogP contribution is -2.41. The highest BCUT2D eigenvalue weighted by Crippen LogP contribution is 2.26. The predicted molar refractivity (Wildman–Crippen MR) is 210 cm³/mol. The molecule has 7 rings (SSSR count). The summed E-state index contributed by atoms with van der Waals surface area (Å²) in [5.41, 5.74) is 2.90. The molecule has 0 saturated carbocycles. The lowest BCUT2D eigenvalue weighted by atomic mass is 9.96. The zero-order valence-electron chi connectivity index (χ0n) is 30.3. The predicted octanol–water partition coefficient (Wildman–Crippen LogP) is 5.65. The molecule has 2 fully saturated rings. The molecular formula is C39H44ClN11O3. The summed E-state index contributed by atoms with van der Waals surface area (Å²) >= 11 is 5.91. The van der Waals surface area contributed by atoms with Gasteiger partial charge in [-0.2, -0.15) is 29.9 Å². The van der Waals surface area contributed by atoms with E-state index in [1.807, 2.05) is 89.8 Å². The largest absolute Gasteiger partial charge is 0.481 e. The van der Waals surface area contributed by atoms with Crippen molar-refractivity contribution in [3.8, 4) is 22.8 Å². The van der Waals surface area contributed by atoms with Crippen LogP contribution in [0.3, 0.4) is 0 Å². The van der Waals surface area contributed by atoms with Gasteiger partial charge in [-0.3, -0.25) is 9.59 Å². The number of piperidine rings is 2. The normalized spacial score (nSPS) is 14.8. The van der Waals surface area contributed by atoms with Crippen LogP contribution in [0.1, 0.15) is 31.2 Å². The first-order valence-electron chi connectivity index (χ1n) is 18.0. The van der Waals surface area contributed by atoms with Gasteiger partial charge in [0.2, 0.25) is 29.7 Å². The number of rotatable bonds is 10. The molecule has 15 heteroatoms. The molecule has 280 valence electrons. The molecule has 5 aromatic rings. The minimum atomic E-state index is -0.721. The zero-order chi connectivity index (χ0) is 37.9. The topological polar surface area (TPSA) is 174 Å². The molecule has 2 saturated heterocycles. The van der Waals surface area contributed by atoms with Gasteiger partial charge in [-0.1, -0.05) is 84.4 Å². The molecule has 0 bridgehead atoms. The maximum atomic E-state index is 12.6. The summed E-state index contributed by atoms with van der Waals surface area (Å²) in [5, 5.41) is 18.8. The van der Waals surface area contributed by atoms with Crippen LogP contribution in [0.25, 0.3) is 22.8 Å². The van der Waals surface area contributed by atoms with Crippen LogP contribution in [0.5, 0.6) is 0 Å². The van der Waals surface area contributed by atoms with Gasteiger partial charge in [0.15, 0.2) is 11.6 Å². The van der Waals surface area contributed by atoms with Crippen molar-refractivity contribution >= 4 is 47.3 Å². The minimum Gasteiger partial charge on any atom is -0.481 e. The van der Waals surface area contributed by atoms with Gasteiger partial charge in [-0.15, -0.1) is 0 Å². The molecular weight excluding hydrogens is 706 g/mol. The van der Waals surface area contributed by atoms with Crippen molar-refractivity contribution in [2.45, 2.75) is 32.2 Å². The quantitative estimate of drug-likeness (QED) is 0.138. The van der Waals surface area contributed by atoms with E-state index in [0.717, 1.165) is 42.6 Å². The fourth-order valence-corrected chi connectivity index (χ4v) is 6.40. The highest BCUT2D eigenvalue weighted by atomic mass is 35.5. The number of anilines is 4. The Hall–Kier alpha value is -5.89. The third-order valence-corrected chi connectivity index (χ3v) is 9.67. The number of nitrogens with zero attached hydrogens (tertiary/aromatic N) is 8. The van der Waals surface area contributed by atoms with Gasteiger partial charge in [0, 0.05) is 68.9 Å². The number of nitrogens with one attached hydrogen (secondary N) is 3. The maximum absolute atomic E-state index is 12.6. The van der Waals surface area contributed by atoms with Crippen LogP contribution < -0.4 is 25.8 Å². The molecule has 54 heavy (non-hydrogen) atoms. The number of hydrogen-bond donors (Lipinski definition) is 4. The Kier molecular flexibility index (Phi) is 12.8. The number of carbonyl (C=O) groups is 2. The number of benzene rings is 3. The van der Waals surface area contributed by atoms with Gasteiger partial charge >= 0.3 is 5.97 Å². The third kappa shape index (κ3) is 9.95. The van der Waals surface area contributed by atoms with Crippen LogP contribution in [0.4, 0.5) is 23.8 Å². The first-order valence-corrected chi connectivity index (χ1v) is 18.4. The van der Waals surface area contributed by atoms with Gasteiger partial charge in [0.05, 0.1) is 5.92 Å². The summed E-state index contributed by atoms with van der Waals surface area (Å²) in [6, 6.07) is 27.1. The van der Waals surface area contributed by atoms with Crippen LogP contribution in [0.15, 0.2) is 84.9 Å². The number of aromatic nitrogens is 6. The number of carboxylic acid groups (broad SMARTS) is 1. The first kappa shape index (κ1) is 37.9. The molecule has 2 aliphatic heterocycles. The fourth-order valence-electron chi connectivity index (χ4n) is 6.27. The van der Waals surface area contributed by atoms with Crippen molar-refractivity contribution in [3.05, 3.63) is 95.5 Å². The molecule has 0 aliphatic carbocycles. The molecule has 14 nitrogen and oxygen atoms in total. The van der Waals surface area contributed by atoms with E-state index in [2.05, 4.69) is 50.8 Å². The van der Waals surface area contributed by atoms with Crippen molar-refractivity contribution in [2.24, 2.45) is 11.8 Å². The number of aliphatic carboxylic acids is 1. The van der Waals surface area contributed by atoms with Crippen molar-refractivity contribution in [1.29, 1.82) is 0 Å². The molecule has 1 amide bonds. The van der Waals surface area contributed by atoms with Crippen molar-refractivity contribution < 1.29 is 14.7 Å². The molecule has 2 aliphatic rings. The van der Waals surface area contributed by atoms with Crippen molar-refractivity contribution in [2.75, 3.05) is 60.7 Å². The number of hydrogen-bond acceptors (Lipinski definition) is 12. The Bertz CT molecular complexity index is 1990. The maximum Gasteiger partial charge on any atom is 0.306 e. The Morgan fingerprint density at radius 1 is 0.648 bits per heavy atom. The standard InChI is InChI=1S/C23H25ClN6O.C16H19N5O2/c1-25-22-27-20(17-5-3-2-4-6-17)28-23(29-22)30-13-11-18(12-14-30)21(31)26-15-16-7-9-19(24)10-8-16;1-17-15-18-13(11-5-3-2-4-6-11)19-16(20-15)21-9-7-12(8-10-21)14(22)23/h2-10,18H,11-15H2,1H3,(H,26,31)(H,25,27,28,29);2-6,12H,7-10H2,1H3,(H,22,23)(H,17,18,19,20). The summed E-state index contributed by atoms with van der Waals surface area (Å²) in [4.78, 5) is 54.9. The molecule has 0 radical (unpaired) electrons. The molecule has 0 atom stereocenters. The monoisotopic (exact) mass is 749 g/mol. The van der Waals surface area contributed by atoms with Crippen LogP contribution in [-0.4, -0.2) is 87.2 Å². The SMILES string of the molecule is CNc1nc(-c2ccccc2)nc(N2CCC(C(=O)NCc3ccc(Cl)cc3)CC2)n1.CNc1nc(-c2ccccc2)nc(N2CCC(C(=O)O)CC2)n1. The van der Waals surface area contributed by atoms with E-state index < -0.39 is 5.97 Å². The Morgan fingerprint density at radius 2 is 1.09 bits per heavy atom. The molecule has 4 heterocycles. The summed E-state index contributed by atoms with van der Waals surface area (Å²) in [5.74, 6) is 2.60. The smallest absolute Gasteiger partial charge is 0.306 e. The highest BCUT2D eigenvalue weighted by molar-refractivity contribution is 6.30. The third-order valence-electron chi connectivity index (χ3n) is 9.41. The van der Waals surface area contributed by atoms with Crippen LogP contribution in [0, 0.1) is 11.8 Å². The number of amides is 1. The van der Waals surface area contributed by atoms with Gasteiger partial charge in [-0.05, 0) is 43.4 Å². The average Bonchev–Trinajstić information content (AvgIpc) is 3.24. The minimum absolute atomic E-state index is 0.0113. The fraction of sp³-hybridized carbons (Fsp3) is 0.333. The van der Waals surface area contributed by atoms with E-state index in [4.69, 9.17) is 16.7 Å². The van der Waals surface area contributed by atoms with Gasteiger partial charge in [0.25, 0.3) is 0 Å². The van der Waals surface area contributed by atoms with E-state index in [1.165, 1.54) is 0 Å². The number of carbonyl (C=O) groups excluding carboxylic acids is 1. The van der Waals surface area contributed by atoms with E-state index in [-0.39, 0.29) is 17.7 Å². The van der Waals surface area contributed by atoms with Gasteiger partial charge in [0.1, 0.15) is 0 Å². The highest BCUT2D eigenvalue weighted by Gasteiger charge is 2.28. The summed E-state index contributed by atoms with van der Waals surface area (Å²) in [7, 11) is 3.57. The van der Waals surface area contributed by atoms with E-state index in [0.29, 0.717) is 72.9 Å². The van der Waals surface area contributed by atoms with Gasteiger partial charge < -0.3 is 30.9 Å². The Morgan fingerprint density at radius 3 is 1.52 bits per heavy atom. The molecule has 2 aromatic heterocycles. The lowest BCUT2D eigenvalue weighted by Gasteiger charge is -2.31. The van der Waals surface area contributed by atoms with Crippen molar-refractivity contribution in [3.63, 3.8) is 0 Å². The van der Waals surface area contributed by atoms with Crippen LogP contribution in [-0.2, 0) is 16.1 Å². The molecule has 0 spiro atoms. The lowest BCUT2D eigenvalue weighted by molar-refractivity contribution is -0.142. The summed E-state index contributed by atoms with van der Waals surface area (Å²) in [6.07, 6.45) is 2.73. The molecule has 4 N–H and O–H groups in total. The second kappa shape index (κ2) is 18.2.